The molecule has 0 unspecified atom stereocenters. The molecule has 7 heteroatoms. The third-order valence-corrected chi connectivity index (χ3v) is 2.82. The van der Waals surface area contributed by atoms with E-state index in [-0.39, 0.29) is 17.9 Å². The largest absolute Gasteiger partial charge is 0.487 e. The van der Waals surface area contributed by atoms with Gasteiger partial charge in [0.1, 0.15) is 12.4 Å². The predicted octanol–water partition coefficient (Wildman–Crippen LogP) is 2.51. The number of aryl methyl sites for hydroxylation is 1. The maximum Gasteiger partial charge on any atom is 0.419 e. The number of aromatic nitrogens is 2. The van der Waals surface area contributed by atoms with Crippen LogP contribution in [0.4, 0.5) is 13.2 Å². The molecule has 108 valence electrons. The van der Waals surface area contributed by atoms with Crippen LogP contribution in [0.5, 0.6) is 5.75 Å². The van der Waals surface area contributed by atoms with Crippen LogP contribution in [0.15, 0.2) is 30.7 Å². The highest BCUT2D eigenvalue weighted by Crippen LogP contribution is 2.37. The Balaban J connectivity index is 2.25. The maximum absolute atomic E-state index is 12.9. The summed E-state index contributed by atoms with van der Waals surface area (Å²) in [4.78, 5) is 3.86. The van der Waals surface area contributed by atoms with Crippen molar-refractivity contribution < 1.29 is 23.0 Å². The van der Waals surface area contributed by atoms with Gasteiger partial charge in [-0.3, -0.25) is 0 Å². The number of imidazole rings is 1. The van der Waals surface area contributed by atoms with Gasteiger partial charge in [-0.1, -0.05) is 6.07 Å². The van der Waals surface area contributed by atoms with Crippen molar-refractivity contribution in [2.45, 2.75) is 19.4 Å². The molecule has 0 aliphatic carbocycles. The van der Waals surface area contributed by atoms with Gasteiger partial charge in [0.25, 0.3) is 0 Å². The number of alkyl halides is 3. The first kappa shape index (κ1) is 14.4. The summed E-state index contributed by atoms with van der Waals surface area (Å²) >= 11 is 0. The molecule has 0 amide bonds. The van der Waals surface area contributed by atoms with Crippen molar-refractivity contribution >= 4 is 0 Å². The van der Waals surface area contributed by atoms with Gasteiger partial charge in [0.15, 0.2) is 0 Å². The average molecular weight is 286 g/mol. The van der Waals surface area contributed by atoms with E-state index in [1.54, 1.807) is 11.6 Å². The molecular formula is C13H13F3N2O2. The summed E-state index contributed by atoms with van der Waals surface area (Å²) in [5, 5.41) is 8.92. The number of hydrogen-bond acceptors (Lipinski definition) is 3. The lowest BCUT2D eigenvalue weighted by Crippen LogP contribution is -2.10. The number of rotatable bonds is 4. The number of benzene rings is 1. The molecule has 1 heterocycles. The van der Waals surface area contributed by atoms with Crippen LogP contribution in [0.1, 0.15) is 16.8 Å². The summed E-state index contributed by atoms with van der Waals surface area (Å²) in [5.41, 5.74) is -0.0548. The van der Waals surface area contributed by atoms with Crippen LogP contribution < -0.4 is 4.74 Å². The fraction of sp³-hybridized carbons (Fsp3) is 0.308. The van der Waals surface area contributed by atoms with Crippen LogP contribution in [-0.2, 0) is 26.4 Å². The Morgan fingerprint density at radius 2 is 2.10 bits per heavy atom. The smallest absolute Gasteiger partial charge is 0.419 e. The number of ether oxygens (including phenoxy) is 1. The molecular weight excluding hydrogens is 273 g/mol. The third-order valence-electron chi connectivity index (χ3n) is 2.82. The van der Waals surface area contributed by atoms with Crippen LogP contribution in [0, 0.1) is 0 Å². The minimum Gasteiger partial charge on any atom is -0.487 e. The van der Waals surface area contributed by atoms with Gasteiger partial charge in [-0.25, -0.2) is 4.98 Å². The molecule has 1 aromatic carbocycles. The molecule has 0 saturated heterocycles. The summed E-state index contributed by atoms with van der Waals surface area (Å²) in [6.07, 6.45) is -1.47. The Morgan fingerprint density at radius 3 is 2.65 bits per heavy atom. The minimum atomic E-state index is -4.53. The Kier molecular flexibility index (Phi) is 3.99. The van der Waals surface area contributed by atoms with Crippen molar-refractivity contribution in [3.8, 4) is 5.75 Å². The monoisotopic (exact) mass is 286 g/mol. The predicted molar refractivity (Wildman–Crippen MR) is 64.9 cm³/mol. The van der Waals surface area contributed by atoms with Crippen molar-refractivity contribution in [1.29, 1.82) is 0 Å². The van der Waals surface area contributed by atoms with Crippen LogP contribution in [0.2, 0.25) is 0 Å². The molecule has 4 nitrogen and oxygen atoms in total. The van der Waals surface area contributed by atoms with Crippen molar-refractivity contribution in [3.63, 3.8) is 0 Å². The molecule has 0 radical (unpaired) electrons. The van der Waals surface area contributed by atoms with Gasteiger partial charge in [0.05, 0.1) is 30.4 Å². The fourth-order valence-corrected chi connectivity index (χ4v) is 1.70. The first-order valence-electron chi connectivity index (χ1n) is 5.81. The zero-order chi connectivity index (χ0) is 14.8. The quantitative estimate of drug-likeness (QED) is 0.939. The van der Waals surface area contributed by atoms with E-state index in [4.69, 9.17) is 9.84 Å². The Morgan fingerprint density at radius 1 is 1.35 bits per heavy atom. The summed E-state index contributed by atoms with van der Waals surface area (Å²) in [5.74, 6) is -0.268. The molecule has 0 spiro atoms. The summed E-state index contributed by atoms with van der Waals surface area (Å²) in [7, 11) is 1.73. The van der Waals surface area contributed by atoms with E-state index in [0.29, 0.717) is 5.69 Å². The Bertz CT molecular complexity index is 594. The van der Waals surface area contributed by atoms with Crippen LogP contribution in [-0.4, -0.2) is 14.7 Å². The third kappa shape index (κ3) is 3.11. The van der Waals surface area contributed by atoms with Gasteiger partial charge >= 0.3 is 6.18 Å². The van der Waals surface area contributed by atoms with Crippen LogP contribution >= 0.6 is 0 Å². The molecule has 1 N–H and O–H groups in total. The zero-order valence-corrected chi connectivity index (χ0v) is 10.7. The van der Waals surface area contributed by atoms with Gasteiger partial charge in [-0.15, -0.1) is 0 Å². The highest BCUT2D eigenvalue weighted by atomic mass is 19.4. The van der Waals surface area contributed by atoms with Crippen LogP contribution in [0.3, 0.4) is 0 Å². The van der Waals surface area contributed by atoms with Crippen molar-refractivity contribution in [2.24, 2.45) is 7.05 Å². The van der Waals surface area contributed by atoms with Crippen molar-refractivity contribution in [1.82, 2.24) is 9.55 Å². The molecule has 0 saturated carbocycles. The number of nitrogens with zero attached hydrogens (tertiary/aromatic N) is 2. The van der Waals surface area contributed by atoms with E-state index in [0.717, 1.165) is 6.07 Å². The second kappa shape index (κ2) is 5.54. The average Bonchev–Trinajstić information content (AvgIpc) is 2.80. The molecule has 0 aliphatic rings. The second-order valence-corrected chi connectivity index (χ2v) is 4.27. The minimum absolute atomic E-state index is 0.0158. The summed E-state index contributed by atoms with van der Waals surface area (Å²) < 4.78 is 45.7. The Hall–Kier alpha value is -2.02. The molecule has 1 aromatic heterocycles. The standard InChI is InChI=1S/C13H13F3N2O2/c1-18-8-17-5-10(18)7-20-12-3-2-9(6-19)4-11(12)13(14,15)16/h2-5,8,19H,6-7H2,1H3. The van der Waals surface area contributed by atoms with E-state index < -0.39 is 18.3 Å². The lowest BCUT2D eigenvalue weighted by atomic mass is 10.1. The fourth-order valence-electron chi connectivity index (χ4n) is 1.70. The first-order valence-corrected chi connectivity index (χ1v) is 5.81. The van der Waals surface area contributed by atoms with Crippen LogP contribution in [0.25, 0.3) is 0 Å². The number of hydrogen-bond donors (Lipinski definition) is 1. The van der Waals surface area contributed by atoms with Gasteiger partial charge in [0, 0.05) is 7.05 Å². The van der Waals surface area contributed by atoms with Gasteiger partial charge in [-0.05, 0) is 17.7 Å². The van der Waals surface area contributed by atoms with E-state index in [1.165, 1.54) is 24.7 Å². The molecule has 2 aromatic rings. The SMILES string of the molecule is Cn1cncc1COc1ccc(CO)cc1C(F)(F)F. The van der Waals surface area contributed by atoms with E-state index in [2.05, 4.69) is 4.98 Å². The summed E-state index contributed by atoms with van der Waals surface area (Å²) in [6, 6.07) is 3.50. The molecule has 0 atom stereocenters. The first-order chi connectivity index (χ1) is 9.41. The van der Waals surface area contributed by atoms with Gasteiger partial charge in [-0.2, -0.15) is 13.2 Å². The number of aliphatic hydroxyl groups excluding tert-OH is 1. The molecule has 2 rings (SSSR count). The van der Waals surface area contributed by atoms with E-state index in [9.17, 15) is 13.2 Å². The highest BCUT2D eigenvalue weighted by Gasteiger charge is 2.34. The lowest BCUT2D eigenvalue weighted by molar-refractivity contribution is -0.139. The zero-order valence-electron chi connectivity index (χ0n) is 10.7. The molecule has 0 aliphatic heterocycles. The van der Waals surface area contributed by atoms with E-state index in [1.807, 2.05) is 0 Å². The molecule has 0 bridgehead atoms. The summed E-state index contributed by atoms with van der Waals surface area (Å²) in [6.45, 7) is -0.469. The second-order valence-electron chi connectivity index (χ2n) is 4.27. The van der Waals surface area contributed by atoms with Gasteiger partial charge in [0.2, 0.25) is 0 Å². The van der Waals surface area contributed by atoms with Crippen molar-refractivity contribution in [2.75, 3.05) is 0 Å². The normalized spacial score (nSPS) is 11.7. The van der Waals surface area contributed by atoms with Gasteiger partial charge < -0.3 is 14.4 Å². The Labute approximate surface area is 113 Å². The lowest BCUT2D eigenvalue weighted by Gasteiger charge is -2.15. The molecule has 0 fully saturated rings. The maximum atomic E-state index is 12.9. The number of halogens is 3. The highest BCUT2D eigenvalue weighted by molar-refractivity contribution is 5.39. The topological polar surface area (TPSA) is 47.3 Å². The molecule has 20 heavy (non-hydrogen) atoms. The number of aliphatic hydroxyl groups is 1. The van der Waals surface area contributed by atoms with Crippen molar-refractivity contribution in [3.05, 3.63) is 47.5 Å². The van der Waals surface area contributed by atoms with E-state index >= 15 is 0 Å².